The van der Waals surface area contributed by atoms with Gasteiger partial charge in [0.2, 0.25) is 0 Å². The largest absolute Gasteiger partial charge is 0.485 e. The Labute approximate surface area is 225 Å². The van der Waals surface area contributed by atoms with Crippen LogP contribution in [-0.2, 0) is 4.79 Å². The molecule has 0 aliphatic rings. The van der Waals surface area contributed by atoms with E-state index >= 15 is 0 Å². The summed E-state index contributed by atoms with van der Waals surface area (Å²) in [5, 5.41) is 21.8. The summed E-state index contributed by atoms with van der Waals surface area (Å²) in [5.41, 5.74) is 5.29. The predicted octanol–water partition coefficient (Wildman–Crippen LogP) is 7.67. The van der Waals surface area contributed by atoms with Crippen LogP contribution in [0.2, 0.25) is 0 Å². The molecule has 0 fully saturated rings. The van der Waals surface area contributed by atoms with E-state index in [1.807, 2.05) is 26.0 Å². The van der Waals surface area contributed by atoms with Crippen LogP contribution in [0.3, 0.4) is 0 Å². The minimum absolute atomic E-state index is 0.0584. The molecule has 3 rings (SSSR count). The van der Waals surface area contributed by atoms with Crippen molar-refractivity contribution in [2.75, 3.05) is 6.54 Å². The lowest BCUT2D eigenvalue weighted by molar-refractivity contribution is -0.139. The molecule has 3 N–H and O–H groups in total. The Balaban J connectivity index is 1.83. The molecule has 0 amide bonds. The van der Waals surface area contributed by atoms with E-state index in [0.717, 1.165) is 33.6 Å². The fourth-order valence-electron chi connectivity index (χ4n) is 4.30. The van der Waals surface area contributed by atoms with Gasteiger partial charge in [0.25, 0.3) is 0 Å². The van der Waals surface area contributed by atoms with Crippen LogP contribution >= 0.6 is 11.3 Å². The number of aliphatic hydroxyl groups excluding tert-OH is 1. The molecule has 2 unspecified atom stereocenters. The minimum Gasteiger partial charge on any atom is -0.485 e. The Hall–Kier alpha value is -2.88. The molecule has 0 aliphatic carbocycles. The Morgan fingerprint density at radius 2 is 1.63 bits per heavy atom. The third kappa shape index (κ3) is 8.31. The molecule has 0 bridgehead atoms. The number of aliphatic hydroxyl groups is 1. The standard InChI is InChI=1S/C29H34F3NO4S/c1-17(2)20-5-7-21(8-6-20)27-18(3)15-22(16-19(27)4)37-23(11-13-29(30,31)32)24-9-10-25(38-24)28(36)33-14-12-26(34)35/h5-10,15-17,23,28,33,36H,11-14H2,1-4H3,(H,34,35). The second-order valence-electron chi connectivity index (χ2n) is 9.71. The molecule has 0 aliphatic heterocycles. The highest BCUT2D eigenvalue weighted by Crippen LogP contribution is 2.38. The first-order valence-corrected chi connectivity index (χ1v) is 13.3. The lowest BCUT2D eigenvalue weighted by Gasteiger charge is -2.21. The smallest absolute Gasteiger partial charge is 0.389 e. The van der Waals surface area contributed by atoms with Crippen molar-refractivity contribution in [1.29, 1.82) is 0 Å². The summed E-state index contributed by atoms with van der Waals surface area (Å²) in [6.07, 6.45) is -7.77. The number of ether oxygens (including phenoxy) is 1. The van der Waals surface area contributed by atoms with Gasteiger partial charge in [-0.15, -0.1) is 11.3 Å². The average molecular weight is 550 g/mol. The number of hydrogen-bond donors (Lipinski definition) is 3. The first-order chi connectivity index (χ1) is 17.8. The zero-order valence-corrected chi connectivity index (χ0v) is 22.7. The van der Waals surface area contributed by atoms with Crippen LogP contribution in [0.5, 0.6) is 5.75 Å². The fourth-order valence-corrected chi connectivity index (χ4v) is 5.34. The number of aliphatic carboxylic acids is 1. The van der Waals surface area contributed by atoms with E-state index in [2.05, 4.69) is 43.4 Å². The van der Waals surface area contributed by atoms with Crippen molar-refractivity contribution in [3.8, 4) is 16.9 Å². The van der Waals surface area contributed by atoms with Gasteiger partial charge in [-0.05, 0) is 78.3 Å². The second kappa shape index (κ2) is 12.8. The number of benzene rings is 2. The van der Waals surface area contributed by atoms with Crippen molar-refractivity contribution in [2.24, 2.45) is 0 Å². The summed E-state index contributed by atoms with van der Waals surface area (Å²) in [6, 6.07) is 15.3. The van der Waals surface area contributed by atoms with Gasteiger partial charge in [0.15, 0.2) is 0 Å². The molecule has 38 heavy (non-hydrogen) atoms. The Morgan fingerprint density at radius 3 is 2.18 bits per heavy atom. The van der Waals surface area contributed by atoms with E-state index < -0.39 is 30.9 Å². The van der Waals surface area contributed by atoms with Gasteiger partial charge < -0.3 is 14.9 Å². The summed E-state index contributed by atoms with van der Waals surface area (Å²) < 4.78 is 45.5. The van der Waals surface area contributed by atoms with Crippen molar-refractivity contribution in [3.63, 3.8) is 0 Å². The summed E-state index contributed by atoms with van der Waals surface area (Å²) in [4.78, 5) is 11.7. The van der Waals surface area contributed by atoms with Crippen molar-refractivity contribution >= 4 is 17.3 Å². The van der Waals surface area contributed by atoms with Gasteiger partial charge in [-0.25, -0.2) is 0 Å². The number of hydrogen-bond acceptors (Lipinski definition) is 5. The second-order valence-corrected chi connectivity index (χ2v) is 10.9. The number of halogens is 3. The number of thiophene rings is 1. The molecule has 0 saturated heterocycles. The number of carbonyl (C=O) groups is 1. The van der Waals surface area contributed by atoms with E-state index in [1.54, 1.807) is 12.1 Å². The van der Waals surface area contributed by atoms with Gasteiger partial charge >= 0.3 is 12.1 Å². The molecule has 0 radical (unpaired) electrons. The van der Waals surface area contributed by atoms with E-state index in [1.165, 1.54) is 5.56 Å². The van der Waals surface area contributed by atoms with E-state index in [0.29, 0.717) is 21.4 Å². The predicted molar refractivity (Wildman–Crippen MR) is 144 cm³/mol. The zero-order valence-electron chi connectivity index (χ0n) is 21.9. The van der Waals surface area contributed by atoms with E-state index in [9.17, 15) is 23.1 Å². The molecule has 1 aromatic heterocycles. The highest BCUT2D eigenvalue weighted by atomic mass is 32.1. The van der Waals surface area contributed by atoms with Gasteiger partial charge in [-0.2, -0.15) is 13.2 Å². The Kier molecular flexibility index (Phi) is 9.98. The van der Waals surface area contributed by atoms with Crippen molar-refractivity contribution in [3.05, 3.63) is 75.0 Å². The maximum atomic E-state index is 13.1. The van der Waals surface area contributed by atoms with Gasteiger partial charge in [-0.1, -0.05) is 38.1 Å². The van der Waals surface area contributed by atoms with Gasteiger partial charge in [-0.3, -0.25) is 10.1 Å². The maximum absolute atomic E-state index is 13.1. The number of alkyl halides is 3. The normalized spacial score (nSPS) is 13.5. The quantitative estimate of drug-likeness (QED) is 0.202. The molecule has 206 valence electrons. The third-order valence-electron chi connectivity index (χ3n) is 6.25. The minimum atomic E-state index is -4.34. The molecule has 2 aromatic carbocycles. The summed E-state index contributed by atoms with van der Waals surface area (Å²) in [7, 11) is 0. The van der Waals surface area contributed by atoms with Crippen LogP contribution in [-0.4, -0.2) is 28.9 Å². The van der Waals surface area contributed by atoms with Gasteiger partial charge in [0, 0.05) is 22.7 Å². The molecule has 1 heterocycles. The Morgan fingerprint density at radius 1 is 1.03 bits per heavy atom. The first kappa shape index (κ1) is 29.7. The van der Waals surface area contributed by atoms with Crippen LogP contribution in [0.15, 0.2) is 48.5 Å². The van der Waals surface area contributed by atoms with Crippen molar-refractivity contribution in [1.82, 2.24) is 5.32 Å². The van der Waals surface area contributed by atoms with Gasteiger partial charge in [0.1, 0.15) is 18.1 Å². The summed E-state index contributed by atoms with van der Waals surface area (Å²) in [6.45, 7) is 8.25. The van der Waals surface area contributed by atoms with Crippen LogP contribution in [0.4, 0.5) is 13.2 Å². The number of aryl methyl sites for hydroxylation is 2. The fraction of sp³-hybridized carbons (Fsp3) is 0.414. The van der Waals surface area contributed by atoms with Crippen molar-refractivity contribution in [2.45, 2.75) is 71.4 Å². The average Bonchev–Trinajstić information content (AvgIpc) is 3.31. The number of carboxylic acid groups (broad SMARTS) is 1. The molecule has 3 aromatic rings. The molecular formula is C29H34F3NO4S. The molecule has 2 atom stereocenters. The zero-order chi connectivity index (χ0) is 28.0. The van der Waals surface area contributed by atoms with Crippen LogP contribution in [0.25, 0.3) is 11.1 Å². The van der Waals surface area contributed by atoms with Crippen LogP contribution in [0, 0.1) is 13.8 Å². The monoisotopic (exact) mass is 549 g/mol. The highest BCUT2D eigenvalue weighted by Gasteiger charge is 2.30. The summed E-state index contributed by atoms with van der Waals surface area (Å²) in [5.74, 6) is -0.0961. The summed E-state index contributed by atoms with van der Waals surface area (Å²) >= 11 is 1.14. The topological polar surface area (TPSA) is 78.8 Å². The van der Waals surface area contributed by atoms with E-state index in [-0.39, 0.29) is 19.4 Å². The lowest BCUT2D eigenvalue weighted by Crippen LogP contribution is -2.23. The molecular weight excluding hydrogens is 515 g/mol. The SMILES string of the molecule is Cc1cc(OC(CCC(F)(F)F)c2ccc(C(O)NCCC(=O)O)s2)cc(C)c1-c1ccc(C(C)C)cc1. The molecule has 0 saturated carbocycles. The maximum Gasteiger partial charge on any atom is 0.389 e. The van der Waals surface area contributed by atoms with Gasteiger partial charge in [0.05, 0.1) is 6.42 Å². The third-order valence-corrected chi connectivity index (χ3v) is 7.48. The number of rotatable bonds is 12. The van der Waals surface area contributed by atoms with Crippen molar-refractivity contribution < 1.29 is 32.9 Å². The Bertz CT molecular complexity index is 1200. The highest BCUT2D eigenvalue weighted by molar-refractivity contribution is 7.12. The van der Waals surface area contributed by atoms with Crippen LogP contribution in [0.1, 0.15) is 77.8 Å². The van der Waals surface area contributed by atoms with E-state index in [4.69, 9.17) is 9.84 Å². The molecule has 0 spiro atoms. The number of nitrogens with one attached hydrogen (secondary N) is 1. The number of carboxylic acids is 1. The molecule has 9 heteroatoms. The first-order valence-electron chi connectivity index (χ1n) is 12.5. The van der Waals surface area contributed by atoms with Crippen LogP contribution < -0.4 is 10.1 Å². The lowest BCUT2D eigenvalue weighted by atomic mass is 9.93. The molecule has 5 nitrogen and oxygen atoms in total.